The number of ether oxygens (including phenoxy) is 2. The predicted octanol–water partition coefficient (Wildman–Crippen LogP) is 4.94. The Morgan fingerprint density at radius 1 is 1.28 bits per heavy atom. The molecule has 0 amide bonds. The Hall–Kier alpha value is -1.45. The number of hydrogen-bond donors (Lipinski definition) is 0. The van der Waals surface area contributed by atoms with Crippen LogP contribution in [0.25, 0.3) is 0 Å². The van der Waals surface area contributed by atoms with Crippen molar-refractivity contribution in [3.8, 4) is 11.6 Å². The molecule has 8 nitrogen and oxygen atoms in total. The van der Waals surface area contributed by atoms with E-state index in [0.29, 0.717) is 0 Å². The third kappa shape index (κ3) is 4.21. The molecule has 0 atom stereocenters. The van der Waals surface area contributed by atoms with E-state index < -0.39 is 32.1 Å². The number of esters is 1. The maximum Gasteiger partial charge on any atom is 0.433 e. The molecule has 2 aromatic rings. The van der Waals surface area contributed by atoms with Crippen LogP contribution < -0.4 is 9.47 Å². The van der Waals surface area contributed by atoms with Gasteiger partial charge in [0.2, 0.25) is 15.4 Å². The van der Waals surface area contributed by atoms with Gasteiger partial charge in [0.05, 0.1) is 13.2 Å². The van der Waals surface area contributed by atoms with Crippen LogP contribution in [0.3, 0.4) is 0 Å². The summed E-state index contributed by atoms with van der Waals surface area (Å²) in [6.45, 7) is 0. The molecule has 0 aliphatic heterocycles. The Labute approximate surface area is 164 Å². The van der Waals surface area contributed by atoms with E-state index in [4.69, 9.17) is 71.9 Å². The Morgan fingerprint density at radius 3 is 2.40 bits per heavy atom. The summed E-state index contributed by atoms with van der Waals surface area (Å²) in [7, 11) is 1.23. The van der Waals surface area contributed by atoms with E-state index >= 15 is 0 Å². The number of halogens is 5. The topological polar surface area (TPSA) is 105 Å². The van der Waals surface area contributed by atoms with E-state index in [2.05, 4.69) is 4.98 Å². The maximum atomic E-state index is 12.1. The second-order valence-electron chi connectivity index (χ2n) is 4.21. The molecule has 2 heterocycles. The molecule has 0 saturated carbocycles. The molecule has 0 aromatic carbocycles. The molecule has 0 aliphatic rings. The zero-order valence-corrected chi connectivity index (χ0v) is 15.7. The fourth-order valence-electron chi connectivity index (χ4n) is 1.59. The lowest BCUT2D eigenvalue weighted by Crippen LogP contribution is -2.12. The van der Waals surface area contributed by atoms with Gasteiger partial charge in [0.25, 0.3) is 0 Å². The third-order valence-corrected chi connectivity index (χ3v) is 3.86. The standard InChI is InChI=1S/C12H5Cl5N2O6/c1-23-10-7(14)8(6(13)9(18-10)12(15,16)17)25-11(20)4-2-3-5(24-4)19(21)22/h2-3H,1H3. The van der Waals surface area contributed by atoms with Gasteiger partial charge in [-0.2, -0.15) is 0 Å². The smallest absolute Gasteiger partial charge is 0.433 e. The average molecular weight is 450 g/mol. The zero-order valence-electron chi connectivity index (χ0n) is 11.9. The minimum atomic E-state index is -2.07. The minimum Gasteiger partial charge on any atom is -0.480 e. The number of alkyl halides is 3. The number of furan rings is 1. The first-order chi connectivity index (χ1) is 11.6. The highest BCUT2D eigenvalue weighted by Gasteiger charge is 2.34. The number of nitrogens with zero attached hydrogens (tertiary/aromatic N) is 2. The van der Waals surface area contributed by atoms with E-state index in [1.807, 2.05) is 0 Å². The average Bonchev–Trinajstić information content (AvgIpc) is 3.00. The van der Waals surface area contributed by atoms with Gasteiger partial charge in [0.1, 0.15) is 20.7 Å². The van der Waals surface area contributed by atoms with Crippen molar-refractivity contribution in [3.63, 3.8) is 0 Å². The van der Waals surface area contributed by atoms with E-state index in [-0.39, 0.29) is 21.6 Å². The fraction of sp³-hybridized carbons (Fsp3) is 0.167. The maximum absolute atomic E-state index is 12.1. The van der Waals surface area contributed by atoms with Crippen LogP contribution in [0.4, 0.5) is 5.88 Å². The molecule has 0 aliphatic carbocycles. The van der Waals surface area contributed by atoms with Crippen molar-refractivity contribution in [1.82, 2.24) is 4.98 Å². The predicted molar refractivity (Wildman–Crippen MR) is 90.4 cm³/mol. The van der Waals surface area contributed by atoms with Crippen LogP contribution in [0.2, 0.25) is 10.0 Å². The van der Waals surface area contributed by atoms with Crippen molar-refractivity contribution in [1.29, 1.82) is 0 Å². The van der Waals surface area contributed by atoms with Crippen molar-refractivity contribution in [2.24, 2.45) is 0 Å². The lowest BCUT2D eigenvalue weighted by Gasteiger charge is -2.17. The van der Waals surface area contributed by atoms with Crippen molar-refractivity contribution >= 4 is 69.9 Å². The minimum absolute atomic E-state index is 0.222. The SMILES string of the molecule is COc1nc(C(Cl)(Cl)Cl)c(Cl)c(OC(=O)c2ccc([N+](=O)[O-])o2)c1Cl. The Morgan fingerprint density at radius 2 is 1.92 bits per heavy atom. The quantitative estimate of drug-likeness (QED) is 0.281. The van der Waals surface area contributed by atoms with E-state index in [1.165, 1.54) is 7.11 Å². The molecule has 134 valence electrons. The lowest BCUT2D eigenvalue weighted by atomic mass is 10.3. The summed E-state index contributed by atoms with van der Waals surface area (Å²) < 4.78 is 12.6. The van der Waals surface area contributed by atoms with Gasteiger partial charge in [-0.05, 0) is 6.07 Å². The fourth-order valence-corrected chi connectivity index (χ4v) is 2.77. The van der Waals surface area contributed by atoms with Gasteiger partial charge in [-0.1, -0.05) is 58.0 Å². The first-order valence-electron chi connectivity index (χ1n) is 6.02. The largest absolute Gasteiger partial charge is 0.480 e. The van der Waals surface area contributed by atoms with Crippen molar-refractivity contribution in [2.75, 3.05) is 7.11 Å². The summed E-state index contributed by atoms with van der Waals surface area (Å²) in [5.74, 6) is -2.88. The Bertz CT molecular complexity index is 847. The van der Waals surface area contributed by atoms with E-state index in [9.17, 15) is 14.9 Å². The van der Waals surface area contributed by atoms with Crippen LogP contribution in [0.15, 0.2) is 16.5 Å². The number of aromatic nitrogens is 1. The van der Waals surface area contributed by atoms with Crippen LogP contribution in [-0.2, 0) is 3.79 Å². The molecule has 2 rings (SSSR count). The van der Waals surface area contributed by atoms with Crippen molar-refractivity contribution in [3.05, 3.63) is 43.7 Å². The summed E-state index contributed by atoms with van der Waals surface area (Å²) in [5, 5.41) is 9.95. The van der Waals surface area contributed by atoms with Crippen molar-refractivity contribution < 1.29 is 23.6 Å². The second kappa shape index (κ2) is 7.43. The van der Waals surface area contributed by atoms with Gasteiger partial charge in [0, 0.05) is 0 Å². The molecular weight excluding hydrogens is 445 g/mol. The molecule has 0 radical (unpaired) electrons. The normalized spacial score (nSPS) is 11.3. The summed E-state index contributed by atoms with van der Waals surface area (Å²) >= 11 is 29.3. The van der Waals surface area contributed by atoms with E-state index in [0.717, 1.165) is 12.1 Å². The van der Waals surface area contributed by atoms with E-state index in [1.54, 1.807) is 0 Å². The van der Waals surface area contributed by atoms with Crippen LogP contribution in [0.5, 0.6) is 11.6 Å². The Balaban J connectivity index is 2.47. The highest BCUT2D eigenvalue weighted by molar-refractivity contribution is 6.67. The second-order valence-corrected chi connectivity index (χ2v) is 7.25. The number of nitro groups is 1. The highest BCUT2D eigenvalue weighted by Crippen LogP contribution is 2.48. The van der Waals surface area contributed by atoms with Gasteiger partial charge in [-0.25, -0.2) is 9.78 Å². The number of rotatable bonds is 4. The van der Waals surface area contributed by atoms with Crippen LogP contribution >= 0.6 is 58.0 Å². The number of hydrogen-bond acceptors (Lipinski definition) is 7. The molecule has 25 heavy (non-hydrogen) atoms. The van der Waals surface area contributed by atoms with Gasteiger partial charge < -0.3 is 13.9 Å². The first-order valence-corrected chi connectivity index (χ1v) is 7.91. The molecule has 0 unspecified atom stereocenters. The highest BCUT2D eigenvalue weighted by atomic mass is 35.6. The number of pyridine rings is 1. The molecule has 0 N–H and O–H groups in total. The molecule has 2 aromatic heterocycles. The molecule has 0 bridgehead atoms. The lowest BCUT2D eigenvalue weighted by molar-refractivity contribution is -0.402. The zero-order chi connectivity index (χ0) is 18.9. The summed E-state index contributed by atoms with van der Waals surface area (Å²) in [5.41, 5.74) is -0.298. The summed E-state index contributed by atoms with van der Waals surface area (Å²) in [4.78, 5) is 25.7. The number of carbonyl (C=O) groups is 1. The van der Waals surface area contributed by atoms with Crippen LogP contribution in [0.1, 0.15) is 16.2 Å². The molecule has 0 saturated heterocycles. The Kier molecular flexibility index (Phi) is 5.90. The molecule has 0 fully saturated rings. The number of methoxy groups -OCH3 is 1. The summed E-state index contributed by atoms with van der Waals surface area (Å²) in [6, 6.07) is 2.01. The van der Waals surface area contributed by atoms with Gasteiger partial charge in [-0.15, -0.1) is 0 Å². The van der Waals surface area contributed by atoms with Gasteiger partial charge in [0.15, 0.2) is 5.75 Å². The third-order valence-electron chi connectivity index (χ3n) is 2.64. The number of carbonyl (C=O) groups excluding carboxylic acids is 1. The molecule has 13 heteroatoms. The first kappa shape index (κ1) is 19.9. The van der Waals surface area contributed by atoms with Crippen LogP contribution in [0, 0.1) is 10.1 Å². The van der Waals surface area contributed by atoms with Crippen molar-refractivity contribution in [2.45, 2.75) is 3.79 Å². The van der Waals surface area contributed by atoms with Crippen LogP contribution in [-0.4, -0.2) is 23.0 Å². The molecule has 0 spiro atoms. The van der Waals surface area contributed by atoms with Gasteiger partial charge in [-0.3, -0.25) is 10.1 Å². The monoisotopic (exact) mass is 448 g/mol. The molecular formula is C12H5Cl5N2O6. The summed E-state index contributed by atoms with van der Waals surface area (Å²) in [6.07, 6.45) is 0. The van der Waals surface area contributed by atoms with Gasteiger partial charge >= 0.3 is 11.9 Å².